The summed E-state index contributed by atoms with van der Waals surface area (Å²) >= 11 is 14.2. The Bertz CT molecular complexity index is 4100. The lowest BCUT2D eigenvalue weighted by atomic mass is 9.86. The molecule has 9 rings (SSSR count). The highest BCUT2D eigenvalue weighted by Crippen LogP contribution is 2.49. The van der Waals surface area contributed by atoms with Gasteiger partial charge in [-0.15, -0.1) is 34.5 Å². The van der Waals surface area contributed by atoms with E-state index in [-0.39, 0.29) is 127 Å². The molecule has 0 unspecified atom stereocenters. The van der Waals surface area contributed by atoms with E-state index in [9.17, 15) is 68.4 Å². The number of carbonyl (C=O) groups is 10. The molecule has 30 heteroatoms. The number of unbranched alkanes of at least 4 members (excludes halogenated alkanes) is 1. The number of Topliss-reactive ketones (excluding diaryl/α,β-unsaturated/α-hetero) is 2. The Labute approximate surface area is 602 Å². The first-order valence-electron chi connectivity index (χ1n) is 33.5. The summed E-state index contributed by atoms with van der Waals surface area (Å²) in [6.07, 6.45) is -9.07. The van der Waals surface area contributed by atoms with Gasteiger partial charge in [0.2, 0.25) is 18.1 Å². The maximum absolute atomic E-state index is 14.8. The molecule has 3 aliphatic heterocycles. The smallest absolute Gasteiger partial charge is 0.415 e. The number of halogens is 2. The van der Waals surface area contributed by atoms with E-state index in [2.05, 4.69) is 16.0 Å². The Morgan fingerprint density at radius 3 is 1.75 bits per heavy atom. The molecule has 1 saturated heterocycles. The van der Waals surface area contributed by atoms with E-state index in [1.54, 1.807) is 98.8 Å². The van der Waals surface area contributed by atoms with Crippen molar-refractivity contribution in [1.29, 1.82) is 0 Å². The molecule has 0 radical (unpaired) electrons. The van der Waals surface area contributed by atoms with Gasteiger partial charge in [-0.25, -0.2) is 19.2 Å². The van der Waals surface area contributed by atoms with E-state index >= 15 is 0 Å². The van der Waals surface area contributed by atoms with Crippen LogP contribution in [-0.4, -0.2) is 198 Å². The van der Waals surface area contributed by atoms with Crippen LogP contribution in [0.25, 0.3) is 21.5 Å². The summed E-state index contributed by atoms with van der Waals surface area (Å²) in [5, 5.41) is 51.9. The molecule has 1 fully saturated rings. The minimum absolute atomic E-state index is 0.00877. The number of fused-ring (bicyclic) bond motifs is 6. The molecule has 0 saturated carbocycles. The number of hydrogen-bond acceptors (Lipinski definition) is 19. The number of thiophene rings is 1. The second-order valence-electron chi connectivity index (χ2n) is 26.0. The van der Waals surface area contributed by atoms with Gasteiger partial charge in [0.15, 0.2) is 17.7 Å². The number of nitrogens with two attached hydrogens (primary N) is 2. The fourth-order valence-corrected chi connectivity index (χ4v) is 14.3. The van der Waals surface area contributed by atoms with Crippen molar-refractivity contribution in [2.75, 3.05) is 74.9 Å². The van der Waals surface area contributed by atoms with E-state index in [0.29, 0.717) is 81.8 Å². The summed E-state index contributed by atoms with van der Waals surface area (Å²) in [5.74, 6) is -5.42. The number of aliphatic hydroxyl groups excluding tert-OH is 3. The highest BCUT2D eigenvalue weighted by Gasteiger charge is 2.49. The number of likely N-dealkylation sites (N-methyl/N-ethyl adjacent to an activating group) is 2. The van der Waals surface area contributed by atoms with Crippen molar-refractivity contribution in [2.24, 2.45) is 23.3 Å². The molecule has 0 bridgehead atoms. The first kappa shape index (κ1) is 77.2. The zero-order chi connectivity index (χ0) is 73.8. The second-order valence-corrected chi connectivity index (χ2v) is 27.7. The number of ether oxygens (including phenoxy) is 4. The number of aliphatic hydroxyl groups is 3. The number of carboxylic acids is 1. The molecule has 0 spiro atoms. The zero-order valence-electron chi connectivity index (χ0n) is 57.0. The van der Waals surface area contributed by atoms with Gasteiger partial charge in [0.1, 0.15) is 36.4 Å². The summed E-state index contributed by atoms with van der Waals surface area (Å²) in [6.45, 7) is 5.65. The van der Waals surface area contributed by atoms with Crippen molar-refractivity contribution in [3.63, 3.8) is 0 Å². The minimum Gasteiger partial charge on any atom is -0.479 e. The van der Waals surface area contributed by atoms with Gasteiger partial charge in [0, 0.05) is 119 Å². The number of nitrogens with one attached hydrogen (secondary N) is 3. The molecular weight excluding hydrogens is 1380 g/mol. The normalized spacial score (nSPS) is 19.3. The summed E-state index contributed by atoms with van der Waals surface area (Å²) < 4.78 is 23.2. The van der Waals surface area contributed by atoms with Crippen LogP contribution in [0.3, 0.4) is 0 Å². The Morgan fingerprint density at radius 1 is 0.676 bits per heavy atom. The SMILES string of the molecule is CC(=O)N[C@@H](CCCCN)C(=O)C[C@H](C(=O)N[C@@H](CCCNC(N)=O)C(=O)Cc1ccc(COC(=O)N(C)CCN(C)C(=O)Oc2cc3c(c4ccccc24)[C@H](CCl)CN3C(=O)c2ccc(C(=O)N3C[C@@H](CCl)c4c3cc(O[C@@H]3O[C@H](C(=O)O)[C@@H](O)[C@H](O)[C@H]3O)c3ccccc43)s2)cc1)C(C)C. The first-order valence-corrected chi connectivity index (χ1v) is 35.4. The molecule has 3 aliphatic rings. The molecule has 1 aromatic heterocycles. The first-order chi connectivity index (χ1) is 48.7. The number of carbonyl (C=O) groups excluding carboxylic acids is 9. The number of aliphatic carboxylic acids is 1. The third-order valence-electron chi connectivity index (χ3n) is 18.5. The van der Waals surface area contributed by atoms with Gasteiger partial charge in [0.05, 0.1) is 33.2 Å². The quantitative estimate of drug-likeness (QED) is 0.0158. The molecule has 102 heavy (non-hydrogen) atoms. The van der Waals surface area contributed by atoms with Gasteiger partial charge in [-0.1, -0.05) is 86.6 Å². The van der Waals surface area contributed by atoms with Gasteiger partial charge >= 0.3 is 24.2 Å². The highest BCUT2D eigenvalue weighted by atomic mass is 35.5. The van der Waals surface area contributed by atoms with Gasteiger partial charge in [-0.2, -0.15) is 0 Å². The van der Waals surface area contributed by atoms with Crippen molar-refractivity contribution in [1.82, 2.24) is 25.8 Å². The van der Waals surface area contributed by atoms with E-state index in [0.717, 1.165) is 16.9 Å². The minimum atomic E-state index is -1.95. The van der Waals surface area contributed by atoms with Crippen molar-refractivity contribution in [3.8, 4) is 11.5 Å². The molecule has 4 heterocycles. The van der Waals surface area contributed by atoms with Crippen molar-refractivity contribution in [2.45, 2.75) is 127 Å². The lowest BCUT2D eigenvalue weighted by molar-refractivity contribution is -0.270. The van der Waals surface area contributed by atoms with Crippen LogP contribution >= 0.6 is 34.5 Å². The maximum Gasteiger partial charge on any atom is 0.415 e. The molecule has 546 valence electrons. The van der Waals surface area contributed by atoms with Crippen LogP contribution < -0.4 is 46.7 Å². The number of benzene rings is 5. The second kappa shape index (κ2) is 34.8. The molecule has 11 N–H and O–H groups in total. The average molecular weight is 1470 g/mol. The predicted octanol–water partition coefficient (Wildman–Crippen LogP) is 6.90. The number of ketones is 2. The Morgan fingerprint density at radius 2 is 1.21 bits per heavy atom. The van der Waals surface area contributed by atoms with Crippen LogP contribution in [0.5, 0.6) is 11.5 Å². The van der Waals surface area contributed by atoms with Gasteiger partial charge in [-0.3, -0.25) is 28.8 Å². The van der Waals surface area contributed by atoms with Crippen LogP contribution in [0.4, 0.5) is 25.8 Å². The number of nitrogens with zero attached hydrogens (tertiary/aromatic N) is 4. The number of hydrogen-bond donors (Lipinski definition) is 9. The number of rotatable bonds is 31. The highest BCUT2D eigenvalue weighted by molar-refractivity contribution is 7.16. The Balaban J connectivity index is 0.815. The molecule has 8 amide bonds. The van der Waals surface area contributed by atoms with Gasteiger partial charge in [0.25, 0.3) is 11.8 Å². The fourth-order valence-electron chi connectivity index (χ4n) is 12.9. The number of alkyl halides is 2. The van der Waals surface area contributed by atoms with Gasteiger partial charge in [-0.05, 0) is 89.7 Å². The largest absolute Gasteiger partial charge is 0.479 e. The molecular formula is C72H85Cl2N9O18S. The van der Waals surface area contributed by atoms with Crippen molar-refractivity contribution in [3.05, 3.63) is 129 Å². The van der Waals surface area contributed by atoms with Crippen molar-refractivity contribution >= 4 is 127 Å². The van der Waals surface area contributed by atoms with Crippen LogP contribution in [0, 0.1) is 11.8 Å². The number of amides is 8. The van der Waals surface area contributed by atoms with Crippen LogP contribution in [0.2, 0.25) is 0 Å². The predicted molar refractivity (Wildman–Crippen MR) is 381 cm³/mol. The van der Waals surface area contributed by atoms with E-state index in [4.69, 9.17) is 53.6 Å². The van der Waals surface area contributed by atoms with Crippen LogP contribution in [-0.2, 0) is 46.5 Å². The van der Waals surface area contributed by atoms with Crippen LogP contribution in [0.15, 0.2) is 97.1 Å². The standard InChI is InChI=1S/C72H85Cl2N9O18S/c1-38(2)48(30-54(86)49(78-39(3)84)17-10-11-25-75)65(90)79-50(18-12-26-77-70(76)95)53(85)29-40-19-21-41(22-20-40)37-98-71(96)80(4)27-28-81(5)72(97)100-56-32-52-60(47-16-9-7-14-45(47)56)43(34-74)36-83(52)67(92)58-24-23-57(102-58)66(91)82-35-42(33-73)59-46-15-8-6-13-44(46)55(31-51(59)82)99-69-63(89)61(87)62(88)64(101-69)68(93)94/h6-9,13-16,19-24,31-32,38,42-43,48-50,61-64,69,87-89H,10-12,17-18,25-30,33-37,75H2,1-5H3,(H,78,84)(H,79,90)(H,93,94)(H3,76,77,95)/t42-,43-,48+,49+,50+,61+,62+,63-,64+,69-/m1/s1. The molecule has 10 atom stereocenters. The molecule has 27 nitrogen and oxygen atoms in total. The van der Waals surface area contributed by atoms with Crippen LogP contribution in [0.1, 0.15) is 113 Å². The Hall–Kier alpha value is -9.00. The monoisotopic (exact) mass is 1470 g/mol. The topological polar surface area (TPSA) is 390 Å². The average Bonchev–Trinajstić information content (AvgIpc) is 1.56. The number of urea groups is 1. The van der Waals surface area contributed by atoms with E-state index in [1.807, 2.05) is 12.1 Å². The fraction of sp³-hybridized carbons (Fsp3) is 0.444. The number of carboxylic acid groups (broad SMARTS) is 1. The molecule has 6 aromatic rings. The summed E-state index contributed by atoms with van der Waals surface area (Å²) in [6, 6.07) is 24.8. The molecule has 5 aromatic carbocycles. The third-order valence-corrected chi connectivity index (χ3v) is 20.3. The summed E-state index contributed by atoms with van der Waals surface area (Å²) in [5.41, 5.74) is 14.4. The number of primary amides is 1. The van der Waals surface area contributed by atoms with Gasteiger partial charge < -0.3 is 86.4 Å². The maximum atomic E-state index is 14.8. The third kappa shape index (κ3) is 18.1. The van der Waals surface area contributed by atoms with Crippen molar-refractivity contribution < 1.29 is 87.3 Å². The summed E-state index contributed by atoms with van der Waals surface area (Å²) in [7, 11) is 3.00. The summed E-state index contributed by atoms with van der Waals surface area (Å²) in [4.78, 5) is 140. The lowest BCUT2D eigenvalue weighted by Crippen LogP contribution is -2.61. The van der Waals surface area contributed by atoms with E-state index in [1.165, 1.54) is 40.6 Å². The van der Waals surface area contributed by atoms with E-state index < -0.39 is 90.6 Å². The molecule has 0 aliphatic carbocycles. The lowest BCUT2D eigenvalue weighted by Gasteiger charge is -2.38. The Kier molecular flexibility index (Phi) is 26.3. The number of anilines is 2. The zero-order valence-corrected chi connectivity index (χ0v) is 59.3.